The SMILES string of the molecule is CC(=O)N1CC(NC(=O)c2ccc(=O)n(C)c2)CCC1C(F)(F)F. The first-order valence-corrected chi connectivity index (χ1v) is 7.41. The van der Waals surface area contributed by atoms with Gasteiger partial charge in [-0.1, -0.05) is 0 Å². The second-order valence-electron chi connectivity index (χ2n) is 5.84. The highest BCUT2D eigenvalue weighted by Crippen LogP contribution is 2.32. The van der Waals surface area contributed by atoms with Gasteiger partial charge in [-0.2, -0.15) is 13.2 Å². The lowest BCUT2D eigenvalue weighted by Crippen LogP contribution is -2.57. The maximum absolute atomic E-state index is 13.0. The average Bonchev–Trinajstić information content (AvgIpc) is 2.48. The highest BCUT2D eigenvalue weighted by molar-refractivity contribution is 5.94. The average molecular weight is 345 g/mol. The minimum absolute atomic E-state index is 0.117. The van der Waals surface area contributed by atoms with Crippen molar-refractivity contribution in [3.8, 4) is 0 Å². The molecule has 1 aliphatic rings. The predicted molar refractivity (Wildman–Crippen MR) is 79.4 cm³/mol. The van der Waals surface area contributed by atoms with E-state index in [0.29, 0.717) is 0 Å². The van der Waals surface area contributed by atoms with Crippen molar-refractivity contribution in [3.63, 3.8) is 0 Å². The molecule has 6 nitrogen and oxygen atoms in total. The maximum atomic E-state index is 13.0. The molecule has 132 valence electrons. The Kier molecular flexibility index (Phi) is 5.00. The quantitative estimate of drug-likeness (QED) is 0.871. The summed E-state index contributed by atoms with van der Waals surface area (Å²) in [5.41, 5.74) is -0.0515. The van der Waals surface area contributed by atoms with Gasteiger partial charge >= 0.3 is 6.18 Å². The lowest BCUT2D eigenvalue weighted by atomic mass is 9.97. The molecule has 2 atom stereocenters. The summed E-state index contributed by atoms with van der Waals surface area (Å²) >= 11 is 0. The van der Waals surface area contributed by atoms with Crippen LogP contribution in [0.15, 0.2) is 23.1 Å². The minimum Gasteiger partial charge on any atom is -0.347 e. The molecule has 24 heavy (non-hydrogen) atoms. The number of pyridine rings is 1. The second kappa shape index (κ2) is 6.66. The molecule has 1 fully saturated rings. The number of rotatable bonds is 2. The first-order chi connectivity index (χ1) is 11.1. The van der Waals surface area contributed by atoms with Crippen LogP contribution in [0.5, 0.6) is 0 Å². The van der Waals surface area contributed by atoms with Crippen molar-refractivity contribution in [2.75, 3.05) is 6.54 Å². The smallest absolute Gasteiger partial charge is 0.347 e. The molecule has 2 amide bonds. The van der Waals surface area contributed by atoms with Gasteiger partial charge in [-0.25, -0.2) is 0 Å². The largest absolute Gasteiger partial charge is 0.408 e. The third-order valence-electron chi connectivity index (χ3n) is 4.05. The molecule has 1 aromatic heterocycles. The third kappa shape index (κ3) is 3.95. The fourth-order valence-corrected chi connectivity index (χ4v) is 2.77. The zero-order chi connectivity index (χ0) is 18.1. The Morgan fingerprint density at radius 1 is 1.25 bits per heavy atom. The molecule has 1 saturated heterocycles. The normalized spacial score (nSPS) is 21.5. The number of piperidine rings is 1. The van der Waals surface area contributed by atoms with E-state index in [1.54, 1.807) is 0 Å². The third-order valence-corrected chi connectivity index (χ3v) is 4.05. The maximum Gasteiger partial charge on any atom is 0.408 e. The molecule has 0 radical (unpaired) electrons. The van der Waals surface area contributed by atoms with E-state index in [-0.39, 0.29) is 30.5 Å². The summed E-state index contributed by atoms with van der Waals surface area (Å²) in [6.45, 7) is 0.882. The molecule has 0 bridgehead atoms. The van der Waals surface area contributed by atoms with Crippen molar-refractivity contribution in [1.29, 1.82) is 0 Å². The molecular weight excluding hydrogens is 327 g/mol. The molecule has 2 heterocycles. The fourth-order valence-electron chi connectivity index (χ4n) is 2.77. The van der Waals surface area contributed by atoms with Gasteiger partial charge in [0.2, 0.25) is 11.5 Å². The molecule has 2 unspecified atom stereocenters. The number of carbonyl (C=O) groups excluding carboxylic acids is 2. The zero-order valence-electron chi connectivity index (χ0n) is 13.3. The summed E-state index contributed by atoms with van der Waals surface area (Å²) in [5, 5.41) is 2.62. The standard InChI is InChI=1S/C15H18F3N3O3/c1-9(22)21-8-11(4-5-12(21)15(16,17)18)19-14(24)10-3-6-13(23)20(2)7-10/h3,6-7,11-12H,4-5,8H2,1-2H3,(H,19,24). The first kappa shape index (κ1) is 18.0. The van der Waals surface area contributed by atoms with Crippen LogP contribution in [0.3, 0.4) is 0 Å². The van der Waals surface area contributed by atoms with Crippen molar-refractivity contribution >= 4 is 11.8 Å². The Labute approximate surface area is 136 Å². The van der Waals surface area contributed by atoms with Crippen LogP contribution in [0, 0.1) is 0 Å². The number of hydrogen-bond acceptors (Lipinski definition) is 3. The van der Waals surface area contributed by atoms with E-state index in [1.807, 2.05) is 0 Å². The monoisotopic (exact) mass is 345 g/mol. The van der Waals surface area contributed by atoms with E-state index in [0.717, 1.165) is 11.8 Å². The summed E-state index contributed by atoms with van der Waals surface area (Å²) in [6, 6.07) is 0.192. The Morgan fingerprint density at radius 3 is 2.46 bits per heavy atom. The van der Waals surface area contributed by atoms with Gasteiger partial charge in [-0.15, -0.1) is 0 Å². The Bertz CT molecular complexity index is 699. The molecule has 1 aliphatic heterocycles. The van der Waals surface area contributed by atoms with Gasteiger partial charge in [0.05, 0.1) is 5.56 Å². The van der Waals surface area contributed by atoms with Gasteiger partial charge in [0, 0.05) is 38.8 Å². The molecule has 0 aliphatic carbocycles. The molecule has 9 heteroatoms. The number of likely N-dealkylation sites (tertiary alicyclic amines) is 1. The van der Waals surface area contributed by atoms with Crippen molar-refractivity contribution in [2.45, 2.75) is 38.0 Å². The molecule has 0 spiro atoms. The molecule has 1 aromatic rings. The summed E-state index contributed by atoms with van der Waals surface area (Å²) < 4.78 is 40.2. The number of aromatic nitrogens is 1. The van der Waals surface area contributed by atoms with Crippen molar-refractivity contribution < 1.29 is 22.8 Å². The van der Waals surface area contributed by atoms with Gasteiger partial charge in [-0.3, -0.25) is 14.4 Å². The van der Waals surface area contributed by atoms with E-state index in [2.05, 4.69) is 5.32 Å². The van der Waals surface area contributed by atoms with Crippen LogP contribution < -0.4 is 10.9 Å². The van der Waals surface area contributed by atoms with Gasteiger partial charge in [0.1, 0.15) is 6.04 Å². The van der Waals surface area contributed by atoms with E-state index in [4.69, 9.17) is 0 Å². The van der Waals surface area contributed by atoms with Crippen LogP contribution in [0.4, 0.5) is 13.2 Å². The van der Waals surface area contributed by atoms with E-state index in [1.165, 1.54) is 29.9 Å². The van der Waals surface area contributed by atoms with Crippen molar-refractivity contribution in [2.24, 2.45) is 7.05 Å². The van der Waals surface area contributed by atoms with Gasteiger partial charge in [-0.05, 0) is 18.9 Å². The summed E-state index contributed by atoms with van der Waals surface area (Å²) in [7, 11) is 1.49. The van der Waals surface area contributed by atoms with Crippen LogP contribution in [-0.4, -0.2) is 46.1 Å². The van der Waals surface area contributed by atoms with Gasteiger partial charge in [0.25, 0.3) is 5.91 Å². The molecule has 0 aromatic carbocycles. The molecule has 2 rings (SSSR count). The summed E-state index contributed by atoms with van der Waals surface area (Å²) in [5.74, 6) is -1.18. The Hall–Kier alpha value is -2.32. The summed E-state index contributed by atoms with van der Waals surface area (Å²) in [6.07, 6.45) is -3.28. The van der Waals surface area contributed by atoms with E-state index in [9.17, 15) is 27.6 Å². The Morgan fingerprint density at radius 2 is 1.92 bits per heavy atom. The number of aryl methyl sites for hydroxylation is 1. The lowest BCUT2D eigenvalue weighted by Gasteiger charge is -2.40. The minimum atomic E-state index is -4.49. The lowest BCUT2D eigenvalue weighted by molar-refractivity contribution is -0.196. The number of hydrogen-bond donors (Lipinski definition) is 1. The van der Waals surface area contributed by atoms with Crippen LogP contribution in [0.2, 0.25) is 0 Å². The molecule has 1 N–H and O–H groups in total. The zero-order valence-corrected chi connectivity index (χ0v) is 13.3. The first-order valence-electron chi connectivity index (χ1n) is 7.41. The van der Waals surface area contributed by atoms with E-state index < -0.39 is 30.1 Å². The number of halogens is 3. The van der Waals surface area contributed by atoms with Crippen LogP contribution in [0.1, 0.15) is 30.1 Å². The molecular formula is C15H18F3N3O3. The van der Waals surface area contributed by atoms with Crippen LogP contribution >= 0.6 is 0 Å². The number of alkyl halides is 3. The number of nitrogens with zero attached hydrogens (tertiary/aromatic N) is 2. The fraction of sp³-hybridized carbons (Fsp3) is 0.533. The van der Waals surface area contributed by atoms with Crippen molar-refractivity contribution in [3.05, 3.63) is 34.2 Å². The summed E-state index contributed by atoms with van der Waals surface area (Å²) in [4.78, 5) is 35.8. The number of carbonyl (C=O) groups is 2. The van der Waals surface area contributed by atoms with Crippen molar-refractivity contribution in [1.82, 2.24) is 14.8 Å². The Balaban J connectivity index is 2.08. The predicted octanol–water partition coefficient (Wildman–Crippen LogP) is 1.06. The topological polar surface area (TPSA) is 71.4 Å². The second-order valence-corrected chi connectivity index (χ2v) is 5.84. The van der Waals surface area contributed by atoms with Crippen LogP contribution in [0.25, 0.3) is 0 Å². The van der Waals surface area contributed by atoms with Crippen LogP contribution in [-0.2, 0) is 11.8 Å². The number of nitrogens with one attached hydrogen (secondary N) is 1. The van der Waals surface area contributed by atoms with Gasteiger partial charge < -0.3 is 14.8 Å². The number of amides is 2. The van der Waals surface area contributed by atoms with E-state index >= 15 is 0 Å². The molecule has 0 saturated carbocycles. The highest BCUT2D eigenvalue weighted by atomic mass is 19.4. The van der Waals surface area contributed by atoms with Gasteiger partial charge in [0.15, 0.2) is 0 Å². The highest BCUT2D eigenvalue weighted by Gasteiger charge is 2.47.